The summed E-state index contributed by atoms with van der Waals surface area (Å²) >= 11 is 0. The van der Waals surface area contributed by atoms with E-state index in [1.807, 2.05) is 6.92 Å². The van der Waals surface area contributed by atoms with Crippen molar-refractivity contribution >= 4 is 11.9 Å². The molecule has 0 bridgehead atoms. The highest BCUT2D eigenvalue weighted by molar-refractivity contribution is 5.83. The van der Waals surface area contributed by atoms with Crippen molar-refractivity contribution in [2.75, 3.05) is 0 Å². The molecule has 4 aliphatic rings. The summed E-state index contributed by atoms with van der Waals surface area (Å²) in [6.45, 7) is 3.91. The summed E-state index contributed by atoms with van der Waals surface area (Å²) in [6, 6.07) is 0. The standard InChI is InChI=1S/C14H18O5/c1-3-4-5-14-10-8(12(16)18-14)6-7-9(10)13(2,19-14)17-11(7)15/h7-10H,3-6H2,1-2H3/t7-,8+,9-,10-,13+,14-/m1/s1. The highest BCUT2D eigenvalue weighted by atomic mass is 16.8. The van der Waals surface area contributed by atoms with Gasteiger partial charge < -0.3 is 9.47 Å². The monoisotopic (exact) mass is 266 g/mol. The number of unbranched alkanes of at least 4 members (excludes halogenated alkanes) is 1. The Morgan fingerprint density at radius 2 is 1.84 bits per heavy atom. The topological polar surface area (TPSA) is 61.8 Å². The van der Waals surface area contributed by atoms with Crippen molar-refractivity contribution in [3.63, 3.8) is 0 Å². The molecule has 3 saturated heterocycles. The lowest BCUT2D eigenvalue weighted by Gasteiger charge is -2.29. The van der Waals surface area contributed by atoms with Crippen LogP contribution in [0.4, 0.5) is 0 Å². The quantitative estimate of drug-likeness (QED) is 0.726. The van der Waals surface area contributed by atoms with Crippen LogP contribution in [0, 0.1) is 23.7 Å². The summed E-state index contributed by atoms with van der Waals surface area (Å²) in [5.74, 6) is -2.52. The van der Waals surface area contributed by atoms with Crippen molar-refractivity contribution in [1.29, 1.82) is 0 Å². The molecule has 0 unspecified atom stereocenters. The zero-order chi connectivity index (χ0) is 13.4. The van der Waals surface area contributed by atoms with Crippen LogP contribution in [-0.4, -0.2) is 23.5 Å². The zero-order valence-electron chi connectivity index (χ0n) is 11.2. The minimum Gasteiger partial charge on any atom is -0.433 e. The fourth-order valence-electron chi connectivity index (χ4n) is 4.69. The van der Waals surface area contributed by atoms with Gasteiger partial charge in [0.15, 0.2) is 0 Å². The number of ether oxygens (including phenoxy) is 3. The van der Waals surface area contributed by atoms with Crippen LogP contribution >= 0.6 is 0 Å². The van der Waals surface area contributed by atoms with Crippen LogP contribution in [-0.2, 0) is 23.8 Å². The van der Waals surface area contributed by atoms with E-state index in [0.717, 1.165) is 12.8 Å². The van der Waals surface area contributed by atoms with Gasteiger partial charge in [0.25, 0.3) is 0 Å². The predicted molar refractivity (Wildman–Crippen MR) is 62.5 cm³/mol. The van der Waals surface area contributed by atoms with E-state index < -0.39 is 11.6 Å². The maximum Gasteiger partial charge on any atom is 0.312 e. The van der Waals surface area contributed by atoms with Crippen LogP contribution < -0.4 is 0 Å². The Labute approximate surface area is 111 Å². The molecule has 3 heterocycles. The molecule has 6 atom stereocenters. The summed E-state index contributed by atoms with van der Waals surface area (Å²) in [7, 11) is 0. The molecule has 0 radical (unpaired) electrons. The van der Waals surface area contributed by atoms with Gasteiger partial charge in [-0.25, -0.2) is 0 Å². The fraction of sp³-hybridized carbons (Fsp3) is 0.857. The molecule has 1 aliphatic carbocycles. The van der Waals surface area contributed by atoms with E-state index >= 15 is 0 Å². The number of hydrogen-bond acceptors (Lipinski definition) is 5. The highest BCUT2D eigenvalue weighted by Crippen LogP contribution is 2.67. The molecular formula is C14H18O5. The first kappa shape index (κ1) is 11.7. The molecular weight excluding hydrogens is 248 g/mol. The second kappa shape index (κ2) is 3.32. The largest absolute Gasteiger partial charge is 0.433 e. The van der Waals surface area contributed by atoms with E-state index in [2.05, 4.69) is 6.92 Å². The van der Waals surface area contributed by atoms with Crippen LogP contribution in [0.25, 0.3) is 0 Å². The van der Waals surface area contributed by atoms with Crippen LogP contribution in [0.3, 0.4) is 0 Å². The Balaban J connectivity index is 1.77. The van der Waals surface area contributed by atoms with Crippen molar-refractivity contribution in [2.45, 2.75) is 51.1 Å². The summed E-state index contributed by atoms with van der Waals surface area (Å²) in [5, 5.41) is 0. The fourth-order valence-corrected chi connectivity index (χ4v) is 4.69. The Morgan fingerprint density at radius 3 is 2.58 bits per heavy atom. The van der Waals surface area contributed by atoms with Crippen molar-refractivity contribution in [3.8, 4) is 0 Å². The lowest BCUT2D eigenvalue weighted by molar-refractivity contribution is -0.289. The molecule has 104 valence electrons. The highest BCUT2D eigenvalue weighted by Gasteiger charge is 2.79. The SMILES string of the molecule is CCCC[C@@]12OC(=O)[C@H]3C[C@H]4C(=O)O[C@@](C)(O1)[C@H]4[C@@H]32. The van der Waals surface area contributed by atoms with E-state index in [1.165, 1.54) is 0 Å². The minimum atomic E-state index is -0.893. The maximum absolute atomic E-state index is 12.0. The first-order valence-electron chi connectivity index (χ1n) is 7.16. The van der Waals surface area contributed by atoms with Crippen molar-refractivity contribution in [1.82, 2.24) is 0 Å². The number of esters is 2. The van der Waals surface area contributed by atoms with E-state index in [-0.39, 0.29) is 35.6 Å². The van der Waals surface area contributed by atoms with Crippen molar-refractivity contribution in [2.24, 2.45) is 23.7 Å². The molecule has 0 aromatic heterocycles. The molecule has 5 nitrogen and oxygen atoms in total. The molecule has 1 saturated carbocycles. The average molecular weight is 266 g/mol. The van der Waals surface area contributed by atoms with Gasteiger partial charge in [-0.05, 0) is 12.8 Å². The first-order chi connectivity index (χ1) is 9.01. The smallest absolute Gasteiger partial charge is 0.312 e. The molecule has 0 amide bonds. The molecule has 19 heavy (non-hydrogen) atoms. The van der Waals surface area contributed by atoms with Gasteiger partial charge in [-0.15, -0.1) is 0 Å². The Hall–Kier alpha value is -1.10. The Bertz CT molecular complexity index is 474. The number of rotatable bonds is 3. The first-order valence-corrected chi connectivity index (χ1v) is 7.16. The van der Waals surface area contributed by atoms with E-state index in [1.54, 1.807) is 0 Å². The van der Waals surface area contributed by atoms with E-state index in [0.29, 0.717) is 12.8 Å². The molecule has 0 spiro atoms. The third kappa shape index (κ3) is 1.20. The Morgan fingerprint density at radius 1 is 1.16 bits per heavy atom. The van der Waals surface area contributed by atoms with Gasteiger partial charge in [0.2, 0.25) is 11.6 Å². The summed E-state index contributed by atoms with van der Waals surface area (Å²) < 4.78 is 17.1. The van der Waals surface area contributed by atoms with Gasteiger partial charge in [0, 0.05) is 25.2 Å². The molecule has 0 aromatic carbocycles. The molecule has 4 fully saturated rings. The summed E-state index contributed by atoms with van der Waals surface area (Å²) in [6.07, 6.45) is 3.23. The van der Waals surface area contributed by atoms with Crippen LogP contribution in [0.15, 0.2) is 0 Å². The second-order valence-corrected chi connectivity index (χ2v) is 6.38. The second-order valence-electron chi connectivity index (χ2n) is 6.38. The number of carbonyl (C=O) groups excluding carboxylic acids is 2. The van der Waals surface area contributed by atoms with E-state index in [9.17, 15) is 9.59 Å². The predicted octanol–water partition coefficient (Wildman–Crippen LogP) is 1.60. The molecule has 5 heteroatoms. The van der Waals surface area contributed by atoms with Gasteiger partial charge in [0.1, 0.15) is 0 Å². The van der Waals surface area contributed by atoms with E-state index in [4.69, 9.17) is 14.2 Å². The lowest BCUT2D eigenvalue weighted by atomic mass is 9.81. The lowest BCUT2D eigenvalue weighted by Crippen LogP contribution is -2.38. The molecule has 4 rings (SSSR count). The molecule has 3 aliphatic heterocycles. The van der Waals surface area contributed by atoms with Gasteiger partial charge in [0.05, 0.1) is 11.8 Å². The average Bonchev–Trinajstić information content (AvgIpc) is 2.97. The van der Waals surface area contributed by atoms with Crippen LogP contribution in [0.1, 0.15) is 39.5 Å². The summed E-state index contributed by atoms with van der Waals surface area (Å²) in [5.41, 5.74) is 0. The van der Waals surface area contributed by atoms with Crippen LogP contribution in [0.2, 0.25) is 0 Å². The molecule has 0 N–H and O–H groups in total. The zero-order valence-corrected chi connectivity index (χ0v) is 11.2. The minimum absolute atomic E-state index is 0.00648. The van der Waals surface area contributed by atoms with Crippen LogP contribution in [0.5, 0.6) is 0 Å². The van der Waals surface area contributed by atoms with Gasteiger partial charge in [-0.2, -0.15) is 0 Å². The number of hydrogen-bond donors (Lipinski definition) is 0. The molecule has 0 aromatic rings. The normalized spacial score (nSPS) is 53.4. The van der Waals surface area contributed by atoms with Gasteiger partial charge in [-0.3, -0.25) is 14.3 Å². The summed E-state index contributed by atoms with van der Waals surface area (Å²) in [4.78, 5) is 23.9. The number of carbonyl (C=O) groups is 2. The van der Waals surface area contributed by atoms with Crippen molar-refractivity contribution in [3.05, 3.63) is 0 Å². The van der Waals surface area contributed by atoms with Gasteiger partial charge in [-0.1, -0.05) is 13.3 Å². The van der Waals surface area contributed by atoms with Gasteiger partial charge >= 0.3 is 11.9 Å². The third-order valence-corrected chi connectivity index (χ3v) is 5.31. The van der Waals surface area contributed by atoms with Crippen molar-refractivity contribution < 1.29 is 23.8 Å². The Kier molecular flexibility index (Phi) is 2.04. The third-order valence-electron chi connectivity index (χ3n) is 5.31. The maximum atomic E-state index is 12.0.